The molecular formula is C24H20N4O5. The highest BCUT2D eigenvalue weighted by molar-refractivity contribution is 6.03. The van der Waals surface area contributed by atoms with Crippen LogP contribution in [0.3, 0.4) is 0 Å². The summed E-state index contributed by atoms with van der Waals surface area (Å²) in [6.45, 7) is 0.124. The lowest BCUT2D eigenvalue weighted by molar-refractivity contribution is -0.384. The number of ether oxygens (including phenoxy) is 2. The van der Waals surface area contributed by atoms with Crippen LogP contribution in [0.4, 0.5) is 11.4 Å². The van der Waals surface area contributed by atoms with E-state index in [0.717, 1.165) is 11.1 Å². The summed E-state index contributed by atoms with van der Waals surface area (Å²) in [7, 11) is 1.37. The Labute approximate surface area is 189 Å². The van der Waals surface area contributed by atoms with Gasteiger partial charge in [0.15, 0.2) is 12.4 Å². The summed E-state index contributed by atoms with van der Waals surface area (Å²) in [4.78, 5) is 22.9. The van der Waals surface area contributed by atoms with Crippen LogP contribution in [0, 0.1) is 10.1 Å². The van der Waals surface area contributed by atoms with Gasteiger partial charge in [-0.05, 0) is 35.4 Å². The molecule has 1 N–H and O–H groups in total. The van der Waals surface area contributed by atoms with Crippen LogP contribution in [0.5, 0.6) is 11.5 Å². The number of hydrogen-bond acceptors (Lipinski definition) is 6. The molecule has 0 bridgehead atoms. The van der Waals surface area contributed by atoms with Crippen molar-refractivity contribution in [1.82, 2.24) is 9.78 Å². The summed E-state index contributed by atoms with van der Waals surface area (Å²) in [5.41, 5.74) is 2.54. The number of nitrogens with zero attached hydrogens (tertiary/aromatic N) is 3. The minimum Gasteiger partial charge on any atom is -0.494 e. The van der Waals surface area contributed by atoms with Crippen LogP contribution >= 0.6 is 0 Å². The highest BCUT2D eigenvalue weighted by Crippen LogP contribution is 2.29. The van der Waals surface area contributed by atoms with Gasteiger partial charge in [-0.15, -0.1) is 0 Å². The molecule has 4 aromatic rings. The Hall–Kier alpha value is -4.66. The van der Waals surface area contributed by atoms with Crippen molar-refractivity contribution in [1.29, 1.82) is 0 Å². The van der Waals surface area contributed by atoms with Crippen LogP contribution < -0.4 is 14.8 Å². The fourth-order valence-electron chi connectivity index (χ4n) is 3.15. The van der Waals surface area contributed by atoms with Crippen LogP contribution in [-0.4, -0.2) is 27.7 Å². The molecule has 0 saturated carbocycles. The average Bonchev–Trinajstić information content (AvgIpc) is 3.33. The third kappa shape index (κ3) is 5.16. The Morgan fingerprint density at radius 1 is 1.03 bits per heavy atom. The van der Waals surface area contributed by atoms with E-state index in [1.54, 1.807) is 12.3 Å². The quantitative estimate of drug-likeness (QED) is 0.310. The number of carbonyl (C=O) groups is 1. The molecule has 0 atom stereocenters. The molecular weight excluding hydrogens is 424 g/mol. The zero-order valence-electron chi connectivity index (χ0n) is 17.7. The van der Waals surface area contributed by atoms with Gasteiger partial charge in [0.2, 0.25) is 0 Å². The second kappa shape index (κ2) is 9.65. The molecule has 1 aromatic heterocycles. The summed E-state index contributed by atoms with van der Waals surface area (Å²) < 4.78 is 12.4. The topological polar surface area (TPSA) is 109 Å². The molecule has 3 aromatic carbocycles. The SMILES string of the molecule is COc1cc([N+](=O)[O-])ccc1NC(=O)c1ccn(COc2ccc(-c3ccccc3)cc2)n1. The van der Waals surface area contributed by atoms with Crippen LogP contribution in [0.15, 0.2) is 85.1 Å². The van der Waals surface area contributed by atoms with Crippen molar-refractivity contribution in [2.75, 3.05) is 12.4 Å². The molecule has 33 heavy (non-hydrogen) atoms. The van der Waals surface area contributed by atoms with E-state index in [4.69, 9.17) is 9.47 Å². The maximum absolute atomic E-state index is 12.5. The van der Waals surface area contributed by atoms with Gasteiger partial charge >= 0.3 is 0 Å². The number of amides is 1. The van der Waals surface area contributed by atoms with Crippen LogP contribution in [0.1, 0.15) is 10.5 Å². The van der Waals surface area contributed by atoms with Gasteiger partial charge in [-0.25, -0.2) is 4.68 Å². The predicted octanol–water partition coefficient (Wildman–Crippen LogP) is 4.76. The van der Waals surface area contributed by atoms with Gasteiger partial charge < -0.3 is 14.8 Å². The van der Waals surface area contributed by atoms with Crippen molar-refractivity contribution < 1.29 is 19.2 Å². The fourth-order valence-corrected chi connectivity index (χ4v) is 3.15. The van der Waals surface area contributed by atoms with E-state index in [1.807, 2.05) is 54.6 Å². The monoisotopic (exact) mass is 444 g/mol. The number of non-ortho nitro benzene ring substituents is 1. The van der Waals surface area contributed by atoms with E-state index in [9.17, 15) is 14.9 Å². The Morgan fingerprint density at radius 2 is 1.76 bits per heavy atom. The Balaban J connectivity index is 1.37. The summed E-state index contributed by atoms with van der Waals surface area (Å²) in [5.74, 6) is 0.374. The van der Waals surface area contributed by atoms with E-state index in [0.29, 0.717) is 11.4 Å². The van der Waals surface area contributed by atoms with E-state index < -0.39 is 10.8 Å². The van der Waals surface area contributed by atoms with Crippen LogP contribution in [0.2, 0.25) is 0 Å². The molecule has 0 fully saturated rings. The predicted molar refractivity (Wildman–Crippen MR) is 122 cm³/mol. The number of nitro benzene ring substituents is 1. The van der Waals surface area contributed by atoms with Crippen molar-refractivity contribution >= 4 is 17.3 Å². The van der Waals surface area contributed by atoms with Gasteiger partial charge in [0, 0.05) is 12.3 Å². The molecule has 9 heteroatoms. The first-order valence-electron chi connectivity index (χ1n) is 9.99. The molecule has 0 saturated heterocycles. The first-order chi connectivity index (χ1) is 16.0. The van der Waals surface area contributed by atoms with Gasteiger partial charge in [-0.1, -0.05) is 42.5 Å². The minimum atomic E-state index is -0.537. The first kappa shape index (κ1) is 21.6. The van der Waals surface area contributed by atoms with E-state index in [-0.39, 0.29) is 23.9 Å². The van der Waals surface area contributed by atoms with Gasteiger partial charge in [0.25, 0.3) is 11.6 Å². The summed E-state index contributed by atoms with van der Waals surface area (Å²) in [6, 6.07) is 23.2. The summed E-state index contributed by atoms with van der Waals surface area (Å²) >= 11 is 0. The zero-order valence-corrected chi connectivity index (χ0v) is 17.7. The van der Waals surface area contributed by atoms with Crippen molar-refractivity contribution in [3.63, 3.8) is 0 Å². The molecule has 0 aliphatic heterocycles. The van der Waals surface area contributed by atoms with Crippen molar-refractivity contribution in [2.24, 2.45) is 0 Å². The number of anilines is 1. The standard InChI is InChI=1S/C24H20N4O5/c1-32-23-15-19(28(30)31)9-12-21(23)25-24(29)22-13-14-27(26-22)16-33-20-10-7-18(8-11-20)17-5-3-2-4-6-17/h2-15H,16H2,1H3,(H,25,29). The molecule has 0 radical (unpaired) electrons. The number of nitro groups is 1. The maximum atomic E-state index is 12.5. The normalized spacial score (nSPS) is 10.5. The van der Waals surface area contributed by atoms with Gasteiger partial charge in [-0.3, -0.25) is 14.9 Å². The number of aromatic nitrogens is 2. The first-order valence-corrected chi connectivity index (χ1v) is 9.99. The second-order valence-electron chi connectivity index (χ2n) is 7.00. The van der Waals surface area contributed by atoms with Gasteiger partial charge in [0.1, 0.15) is 11.5 Å². The average molecular weight is 444 g/mol. The third-order valence-electron chi connectivity index (χ3n) is 4.84. The van der Waals surface area contributed by atoms with Crippen molar-refractivity contribution in [3.8, 4) is 22.6 Å². The molecule has 1 amide bonds. The van der Waals surface area contributed by atoms with Crippen LogP contribution in [0.25, 0.3) is 11.1 Å². The van der Waals surface area contributed by atoms with Crippen molar-refractivity contribution in [3.05, 3.63) is 101 Å². The maximum Gasteiger partial charge on any atom is 0.276 e. The van der Waals surface area contributed by atoms with Crippen LogP contribution in [-0.2, 0) is 6.73 Å². The molecule has 0 aliphatic rings. The Kier molecular flexibility index (Phi) is 6.31. The largest absolute Gasteiger partial charge is 0.494 e. The summed E-state index contributed by atoms with van der Waals surface area (Å²) in [6.07, 6.45) is 1.63. The van der Waals surface area contributed by atoms with Gasteiger partial charge in [0.05, 0.1) is 23.8 Å². The summed E-state index contributed by atoms with van der Waals surface area (Å²) in [5, 5.41) is 17.8. The molecule has 9 nitrogen and oxygen atoms in total. The highest BCUT2D eigenvalue weighted by Gasteiger charge is 2.16. The smallest absolute Gasteiger partial charge is 0.276 e. The van der Waals surface area contributed by atoms with E-state index in [2.05, 4.69) is 10.4 Å². The molecule has 4 rings (SSSR count). The van der Waals surface area contributed by atoms with E-state index in [1.165, 1.54) is 30.0 Å². The second-order valence-corrected chi connectivity index (χ2v) is 7.00. The molecule has 166 valence electrons. The molecule has 1 heterocycles. The van der Waals surface area contributed by atoms with E-state index >= 15 is 0 Å². The number of carbonyl (C=O) groups excluding carboxylic acids is 1. The Bertz CT molecular complexity index is 1270. The lowest BCUT2D eigenvalue weighted by atomic mass is 10.1. The third-order valence-corrected chi connectivity index (χ3v) is 4.84. The lowest BCUT2D eigenvalue weighted by Gasteiger charge is -2.09. The lowest BCUT2D eigenvalue weighted by Crippen LogP contribution is -2.15. The van der Waals surface area contributed by atoms with Crippen molar-refractivity contribution in [2.45, 2.75) is 6.73 Å². The highest BCUT2D eigenvalue weighted by atomic mass is 16.6. The number of nitrogens with one attached hydrogen (secondary N) is 1. The molecule has 0 spiro atoms. The number of methoxy groups -OCH3 is 1. The number of benzene rings is 3. The molecule has 0 unspecified atom stereocenters. The van der Waals surface area contributed by atoms with Gasteiger partial charge in [-0.2, -0.15) is 5.10 Å². The zero-order chi connectivity index (χ0) is 23.2. The number of rotatable bonds is 8. The number of hydrogen-bond donors (Lipinski definition) is 1. The fraction of sp³-hybridized carbons (Fsp3) is 0.0833. The Morgan fingerprint density at radius 3 is 2.45 bits per heavy atom. The molecule has 0 aliphatic carbocycles. The minimum absolute atomic E-state index is 0.124.